The molecule has 0 aromatic heterocycles. The van der Waals surface area contributed by atoms with Crippen molar-refractivity contribution in [3.8, 4) is 0 Å². The van der Waals surface area contributed by atoms with Gasteiger partial charge in [0.15, 0.2) is 0 Å². The highest BCUT2D eigenvalue weighted by Crippen LogP contribution is 2.11. The van der Waals surface area contributed by atoms with Gasteiger partial charge in [-0.25, -0.2) is 4.79 Å². The van der Waals surface area contributed by atoms with Crippen LogP contribution in [0, 0.1) is 6.92 Å². The van der Waals surface area contributed by atoms with E-state index in [1.165, 1.54) is 5.56 Å². The molecule has 0 spiro atoms. The molecule has 3 rings (SSSR count). The summed E-state index contributed by atoms with van der Waals surface area (Å²) >= 11 is 0. The van der Waals surface area contributed by atoms with Crippen molar-refractivity contribution in [1.29, 1.82) is 0 Å². The van der Waals surface area contributed by atoms with Gasteiger partial charge >= 0.3 is 6.03 Å². The van der Waals surface area contributed by atoms with Crippen molar-refractivity contribution in [2.45, 2.75) is 20.0 Å². The number of nitrogens with zero attached hydrogens (tertiary/aromatic N) is 1. The quantitative estimate of drug-likeness (QED) is 0.632. The van der Waals surface area contributed by atoms with E-state index in [0.29, 0.717) is 13.1 Å². The topological polar surface area (TPSA) is 32.3 Å². The fourth-order valence-electron chi connectivity index (χ4n) is 2.88. The van der Waals surface area contributed by atoms with Crippen LogP contribution < -0.4 is 5.32 Å². The summed E-state index contributed by atoms with van der Waals surface area (Å²) in [7, 11) is 0. The SMILES string of the molecule is Cc1cccc(/C=C/NC(=O)N(Cc2ccccc2)Cc2ccccc2)c1. The first-order valence-electron chi connectivity index (χ1n) is 9.07. The Morgan fingerprint density at radius 1 is 0.852 bits per heavy atom. The van der Waals surface area contributed by atoms with Crippen molar-refractivity contribution in [3.05, 3.63) is 113 Å². The molecular formula is C24H24N2O. The lowest BCUT2D eigenvalue weighted by Gasteiger charge is -2.22. The molecule has 3 aromatic carbocycles. The van der Waals surface area contributed by atoms with Crippen LogP contribution in [0.3, 0.4) is 0 Å². The minimum absolute atomic E-state index is 0.119. The Morgan fingerprint density at radius 3 is 2.00 bits per heavy atom. The summed E-state index contributed by atoms with van der Waals surface area (Å²) in [6.45, 7) is 3.16. The summed E-state index contributed by atoms with van der Waals surface area (Å²) in [6.07, 6.45) is 3.62. The number of amides is 2. The zero-order chi connectivity index (χ0) is 18.9. The Labute approximate surface area is 161 Å². The average Bonchev–Trinajstić information content (AvgIpc) is 2.69. The van der Waals surface area contributed by atoms with Crippen LogP contribution in [-0.2, 0) is 13.1 Å². The first kappa shape index (κ1) is 18.5. The molecule has 27 heavy (non-hydrogen) atoms. The Bertz CT molecular complexity index is 847. The summed E-state index contributed by atoms with van der Waals surface area (Å²) in [5.74, 6) is 0. The zero-order valence-electron chi connectivity index (χ0n) is 15.5. The second kappa shape index (κ2) is 9.39. The second-order valence-corrected chi connectivity index (χ2v) is 6.52. The number of aryl methyl sites for hydroxylation is 1. The van der Waals surface area contributed by atoms with E-state index in [9.17, 15) is 4.79 Å². The average molecular weight is 356 g/mol. The molecule has 3 heteroatoms. The van der Waals surface area contributed by atoms with Crippen molar-refractivity contribution < 1.29 is 4.79 Å². The smallest absolute Gasteiger partial charge is 0.316 e. The van der Waals surface area contributed by atoms with Gasteiger partial charge in [0.25, 0.3) is 0 Å². The van der Waals surface area contributed by atoms with Crippen molar-refractivity contribution in [3.63, 3.8) is 0 Å². The lowest BCUT2D eigenvalue weighted by molar-refractivity contribution is 0.196. The van der Waals surface area contributed by atoms with Crippen molar-refractivity contribution in [2.75, 3.05) is 0 Å². The Hall–Kier alpha value is -3.33. The van der Waals surface area contributed by atoms with Gasteiger partial charge in [-0.2, -0.15) is 0 Å². The summed E-state index contributed by atoms with van der Waals surface area (Å²) in [5.41, 5.74) is 4.46. The van der Waals surface area contributed by atoms with Gasteiger partial charge in [-0.15, -0.1) is 0 Å². The molecule has 0 heterocycles. The highest BCUT2D eigenvalue weighted by atomic mass is 16.2. The number of nitrogens with one attached hydrogen (secondary N) is 1. The first-order valence-corrected chi connectivity index (χ1v) is 9.07. The van der Waals surface area contributed by atoms with Gasteiger partial charge in [0.1, 0.15) is 0 Å². The van der Waals surface area contributed by atoms with E-state index >= 15 is 0 Å². The van der Waals surface area contributed by atoms with Crippen LogP contribution in [0.4, 0.5) is 4.79 Å². The maximum atomic E-state index is 12.8. The minimum Gasteiger partial charge on any atom is -0.316 e. The molecule has 0 aliphatic carbocycles. The molecular weight excluding hydrogens is 332 g/mol. The summed E-state index contributed by atoms with van der Waals surface area (Å²) in [4.78, 5) is 14.6. The fourth-order valence-corrected chi connectivity index (χ4v) is 2.88. The van der Waals surface area contributed by atoms with Crippen LogP contribution in [0.15, 0.2) is 91.1 Å². The Kier molecular flexibility index (Phi) is 6.42. The molecule has 2 amide bonds. The van der Waals surface area contributed by atoms with Crippen LogP contribution in [0.5, 0.6) is 0 Å². The van der Waals surface area contributed by atoms with Crippen molar-refractivity contribution in [2.24, 2.45) is 0 Å². The zero-order valence-corrected chi connectivity index (χ0v) is 15.5. The molecule has 0 saturated heterocycles. The standard InChI is InChI=1S/C24H24N2O/c1-20-9-8-14-21(17-20)15-16-25-24(27)26(18-22-10-4-2-5-11-22)19-23-12-6-3-7-13-23/h2-17H,18-19H2,1H3,(H,25,27)/b16-15+. The molecule has 0 bridgehead atoms. The molecule has 136 valence electrons. The second-order valence-electron chi connectivity index (χ2n) is 6.52. The summed E-state index contributed by atoms with van der Waals surface area (Å²) in [6, 6.07) is 28.1. The first-order chi connectivity index (χ1) is 13.2. The molecule has 0 atom stereocenters. The maximum absolute atomic E-state index is 12.8. The number of carbonyl (C=O) groups is 1. The third-order valence-corrected chi connectivity index (χ3v) is 4.24. The molecule has 0 unspecified atom stereocenters. The molecule has 3 aromatic rings. The lowest BCUT2D eigenvalue weighted by atomic mass is 10.1. The number of hydrogen-bond donors (Lipinski definition) is 1. The molecule has 0 fully saturated rings. The number of rotatable bonds is 6. The minimum atomic E-state index is -0.119. The van der Waals surface area contributed by atoms with E-state index in [0.717, 1.165) is 16.7 Å². The third kappa shape index (κ3) is 5.86. The number of urea groups is 1. The van der Waals surface area contributed by atoms with Gasteiger partial charge in [0.2, 0.25) is 0 Å². The van der Waals surface area contributed by atoms with E-state index < -0.39 is 0 Å². The summed E-state index contributed by atoms with van der Waals surface area (Å²) in [5, 5.41) is 2.90. The monoisotopic (exact) mass is 356 g/mol. The maximum Gasteiger partial charge on any atom is 0.321 e. The lowest BCUT2D eigenvalue weighted by Crippen LogP contribution is -2.36. The predicted octanol–water partition coefficient (Wildman–Crippen LogP) is 5.38. The van der Waals surface area contributed by atoms with Crippen molar-refractivity contribution in [1.82, 2.24) is 10.2 Å². The number of carbonyl (C=O) groups excluding carboxylic acids is 1. The molecule has 1 N–H and O–H groups in total. The van der Waals surface area contributed by atoms with Gasteiger partial charge in [-0.05, 0) is 29.7 Å². The fraction of sp³-hybridized carbons (Fsp3) is 0.125. The molecule has 0 saturated carbocycles. The van der Waals surface area contributed by atoms with Crippen LogP contribution in [0.25, 0.3) is 6.08 Å². The predicted molar refractivity (Wildman–Crippen MR) is 111 cm³/mol. The largest absolute Gasteiger partial charge is 0.321 e. The van der Waals surface area contributed by atoms with E-state index in [2.05, 4.69) is 24.4 Å². The highest BCUT2D eigenvalue weighted by Gasteiger charge is 2.13. The number of hydrogen-bond acceptors (Lipinski definition) is 1. The van der Waals surface area contributed by atoms with Crippen molar-refractivity contribution >= 4 is 12.1 Å². The molecule has 3 nitrogen and oxygen atoms in total. The third-order valence-electron chi connectivity index (χ3n) is 4.24. The highest BCUT2D eigenvalue weighted by molar-refractivity contribution is 5.76. The molecule has 0 aliphatic heterocycles. The van der Waals surface area contributed by atoms with Gasteiger partial charge < -0.3 is 10.2 Å². The van der Waals surface area contributed by atoms with Gasteiger partial charge in [-0.3, -0.25) is 0 Å². The Morgan fingerprint density at radius 2 is 1.44 bits per heavy atom. The molecule has 0 radical (unpaired) electrons. The van der Waals surface area contributed by atoms with E-state index in [4.69, 9.17) is 0 Å². The van der Waals surface area contributed by atoms with Crippen LogP contribution in [0.2, 0.25) is 0 Å². The normalized spacial score (nSPS) is 10.7. The van der Waals surface area contributed by atoms with Crippen LogP contribution in [0.1, 0.15) is 22.3 Å². The van der Waals surface area contributed by atoms with Gasteiger partial charge in [-0.1, -0.05) is 90.5 Å². The van der Waals surface area contributed by atoms with Crippen LogP contribution in [-0.4, -0.2) is 10.9 Å². The van der Waals surface area contributed by atoms with E-state index in [-0.39, 0.29) is 6.03 Å². The molecule has 0 aliphatic rings. The van der Waals surface area contributed by atoms with E-state index in [1.807, 2.05) is 83.8 Å². The Balaban J connectivity index is 1.69. The van der Waals surface area contributed by atoms with Gasteiger partial charge in [0.05, 0.1) is 0 Å². The number of benzene rings is 3. The summed E-state index contributed by atoms with van der Waals surface area (Å²) < 4.78 is 0. The van der Waals surface area contributed by atoms with Gasteiger partial charge in [0, 0.05) is 19.3 Å². The van der Waals surface area contributed by atoms with Crippen LogP contribution >= 0.6 is 0 Å². The van der Waals surface area contributed by atoms with E-state index in [1.54, 1.807) is 6.20 Å².